The number of benzene rings is 1. The van der Waals surface area contributed by atoms with Crippen molar-refractivity contribution in [3.05, 3.63) is 47.8 Å². The summed E-state index contributed by atoms with van der Waals surface area (Å²) in [6.45, 7) is 1.11. The van der Waals surface area contributed by atoms with E-state index >= 15 is 0 Å². The second-order valence-corrected chi connectivity index (χ2v) is 7.49. The molecule has 8 heteroatoms. The molecule has 1 fully saturated rings. The number of rotatable bonds is 6. The number of hydrogen-bond acceptors (Lipinski definition) is 6. The second kappa shape index (κ2) is 8.89. The number of anilines is 1. The van der Waals surface area contributed by atoms with Crippen molar-refractivity contribution in [3.63, 3.8) is 0 Å². The lowest BCUT2D eigenvalue weighted by Gasteiger charge is -2.20. The maximum absolute atomic E-state index is 12.6. The lowest BCUT2D eigenvalue weighted by molar-refractivity contribution is -0.132. The van der Waals surface area contributed by atoms with Crippen LogP contribution in [0.25, 0.3) is 0 Å². The van der Waals surface area contributed by atoms with E-state index in [-0.39, 0.29) is 24.3 Å². The molecule has 3 rings (SSSR count). The van der Waals surface area contributed by atoms with E-state index in [2.05, 4.69) is 9.97 Å². The van der Waals surface area contributed by atoms with Crippen LogP contribution in [0.2, 0.25) is 0 Å². The van der Waals surface area contributed by atoms with E-state index in [0.717, 1.165) is 6.42 Å². The summed E-state index contributed by atoms with van der Waals surface area (Å²) in [6.07, 6.45) is 2.33. The molecule has 0 aliphatic carbocycles. The number of amides is 2. The predicted octanol–water partition coefficient (Wildman–Crippen LogP) is 1.64. The molecule has 0 bridgehead atoms. The Balaban J connectivity index is 1.73. The zero-order valence-corrected chi connectivity index (χ0v) is 17.3. The van der Waals surface area contributed by atoms with Crippen molar-refractivity contribution in [2.75, 3.05) is 52.8 Å². The average Bonchev–Trinajstić information content (AvgIpc) is 3.22. The quantitative estimate of drug-likeness (QED) is 0.737. The van der Waals surface area contributed by atoms with Crippen LogP contribution >= 0.6 is 0 Å². The van der Waals surface area contributed by atoms with Crippen molar-refractivity contribution >= 4 is 17.8 Å². The van der Waals surface area contributed by atoms with Gasteiger partial charge in [0.25, 0.3) is 11.8 Å². The number of likely N-dealkylation sites (tertiary alicyclic amines) is 1. The van der Waals surface area contributed by atoms with Gasteiger partial charge in [0.05, 0.1) is 11.3 Å². The summed E-state index contributed by atoms with van der Waals surface area (Å²) in [4.78, 5) is 39.2. The first-order chi connectivity index (χ1) is 13.9. The molecular weight excluding hydrogens is 370 g/mol. The highest BCUT2D eigenvalue weighted by atomic mass is 16.5. The molecule has 1 aromatic carbocycles. The Morgan fingerprint density at radius 1 is 1.17 bits per heavy atom. The molecule has 2 aromatic rings. The Morgan fingerprint density at radius 3 is 2.55 bits per heavy atom. The van der Waals surface area contributed by atoms with Gasteiger partial charge in [0, 0.05) is 53.4 Å². The molecule has 1 aliphatic heterocycles. The fourth-order valence-corrected chi connectivity index (χ4v) is 3.28. The fraction of sp³-hybridized carbons (Fsp3) is 0.429. The number of para-hydroxylation sites is 1. The van der Waals surface area contributed by atoms with E-state index in [1.165, 1.54) is 4.90 Å². The fourth-order valence-electron chi connectivity index (χ4n) is 3.28. The molecule has 0 radical (unpaired) electrons. The number of carbonyl (C=O) groups excluding carboxylic acids is 2. The molecule has 1 saturated heterocycles. The third kappa shape index (κ3) is 4.82. The first-order valence-corrected chi connectivity index (χ1v) is 9.58. The van der Waals surface area contributed by atoms with Crippen molar-refractivity contribution < 1.29 is 14.3 Å². The maximum Gasteiger partial charge on any atom is 0.260 e. The summed E-state index contributed by atoms with van der Waals surface area (Å²) in [5.74, 6) is 0.992. The molecule has 0 saturated carbocycles. The lowest BCUT2D eigenvalue weighted by atomic mass is 9.99. The molecule has 1 atom stereocenters. The second-order valence-electron chi connectivity index (χ2n) is 7.49. The van der Waals surface area contributed by atoms with Gasteiger partial charge in [-0.1, -0.05) is 18.2 Å². The molecule has 0 spiro atoms. The van der Waals surface area contributed by atoms with E-state index in [1.54, 1.807) is 30.1 Å². The lowest BCUT2D eigenvalue weighted by Crippen LogP contribution is -2.33. The number of nitrogens with zero attached hydrogens (tertiary/aromatic N) is 5. The van der Waals surface area contributed by atoms with Crippen LogP contribution in [-0.2, 0) is 4.79 Å². The molecule has 2 amide bonds. The number of hydrogen-bond donors (Lipinski definition) is 0. The van der Waals surface area contributed by atoms with Gasteiger partial charge in [-0.05, 0) is 18.6 Å². The van der Waals surface area contributed by atoms with Crippen molar-refractivity contribution in [2.24, 2.45) is 0 Å². The van der Waals surface area contributed by atoms with Crippen LogP contribution in [-0.4, -0.2) is 79.5 Å². The van der Waals surface area contributed by atoms with Crippen LogP contribution in [0.1, 0.15) is 28.4 Å². The van der Waals surface area contributed by atoms with Gasteiger partial charge in [0.15, 0.2) is 6.61 Å². The minimum Gasteiger partial charge on any atom is -0.484 e. The van der Waals surface area contributed by atoms with Crippen LogP contribution in [0.5, 0.6) is 5.75 Å². The van der Waals surface area contributed by atoms with E-state index in [1.807, 2.05) is 44.4 Å². The highest BCUT2D eigenvalue weighted by molar-refractivity contribution is 5.95. The normalized spacial score (nSPS) is 15.9. The van der Waals surface area contributed by atoms with Gasteiger partial charge in [0.1, 0.15) is 5.75 Å². The molecule has 1 unspecified atom stereocenters. The number of carbonyl (C=O) groups is 2. The third-order valence-corrected chi connectivity index (χ3v) is 4.88. The molecule has 1 aromatic heterocycles. The largest absolute Gasteiger partial charge is 0.484 e. The van der Waals surface area contributed by atoms with Gasteiger partial charge in [-0.2, -0.15) is 0 Å². The highest BCUT2D eigenvalue weighted by Gasteiger charge is 2.32. The van der Waals surface area contributed by atoms with E-state index in [9.17, 15) is 9.59 Å². The maximum atomic E-state index is 12.6. The Kier molecular flexibility index (Phi) is 6.31. The summed E-state index contributed by atoms with van der Waals surface area (Å²) < 4.78 is 5.58. The molecule has 1 aliphatic rings. The third-order valence-electron chi connectivity index (χ3n) is 4.88. The molecule has 0 N–H and O–H groups in total. The summed E-state index contributed by atoms with van der Waals surface area (Å²) in [5.41, 5.74) is 1.18. The van der Waals surface area contributed by atoms with E-state index in [4.69, 9.17) is 4.74 Å². The van der Waals surface area contributed by atoms with Crippen molar-refractivity contribution in [2.45, 2.75) is 12.3 Å². The van der Waals surface area contributed by atoms with Crippen LogP contribution in [0.4, 0.5) is 5.95 Å². The minimum atomic E-state index is -0.137. The SMILES string of the molecule is CN(C)C(=O)c1cnc(N(C)C)nc1C1CCN(C(=O)COc2ccccc2)C1. The molecule has 154 valence electrons. The summed E-state index contributed by atoms with van der Waals surface area (Å²) in [5, 5.41) is 0. The van der Waals surface area contributed by atoms with Crippen molar-refractivity contribution in [1.29, 1.82) is 0 Å². The van der Waals surface area contributed by atoms with Crippen molar-refractivity contribution in [3.8, 4) is 5.75 Å². The summed E-state index contributed by atoms with van der Waals surface area (Å²) in [6, 6.07) is 9.28. The van der Waals surface area contributed by atoms with Crippen molar-refractivity contribution in [1.82, 2.24) is 19.8 Å². The summed E-state index contributed by atoms with van der Waals surface area (Å²) >= 11 is 0. The molecule has 29 heavy (non-hydrogen) atoms. The van der Waals surface area contributed by atoms with Crippen LogP contribution in [0.3, 0.4) is 0 Å². The monoisotopic (exact) mass is 397 g/mol. The highest BCUT2D eigenvalue weighted by Crippen LogP contribution is 2.29. The number of aromatic nitrogens is 2. The van der Waals surface area contributed by atoms with Crippen LogP contribution in [0.15, 0.2) is 36.5 Å². The first kappa shape index (κ1) is 20.6. The molecule has 8 nitrogen and oxygen atoms in total. The van der Waals surface area contributed by atoms with Gasteiger partial charge >= 0.3 is 0 Å². The van der Waals surface area contributed by atoms with Gasteiger partial charge in [0.2, 0.25) is 5.95 Å². The Hall–Kier alpha value is -3.16. The summed E-state index contributed by atoms with van der Waals surface area (Å²) in [7, 11) is 7.13. The predicted molar refractivity (Wildman–Crippen MR) is 110 cm³/mol. The van der Waals surface area contributed by atoms with E-state index < -0.39 is 0 Å². The van der Waals surface area contributed by atoms with E-state index in [0.29, 0.717) is 36.0 Å². The average molecular weight is 397 g/mol. The van der Waals surface area contributed by atoms with Gasteiger partial charge in [-0.25, -0.2) is 9.97 Å². The standard InChI is InChI=1S/C21H27N5O3/c1-24(2)20(28)17-12-22-21(25(3)4)23-19(17)15-10-11-26(13-15)18(27)14-29-16-8-6-5-7-9-16/h5-9,12,15H,10-11,13-14H2,1-4H3. The smallest absolute Gasteiger partial charge is 0.260 e. The van der Waals surface area contributed by atoms with Gasteiger partial charge < -0.3 is 19.4 Å². The molecule has 2 heterocycles. The zero-order valence-electron chi connectivity index (χ0n) is 17.3. The van der Waals surface area contributed by atoms with Crippen LogP contribution < -0.4 is 9.64 Å². The Labute approximate surface area is 171 Å². The number of ether oxygens (including phenoxy) is 1. The Morgan fingerprint density at radius 2 is 1.90 bits per heavy atom. The minimum absolute atomic E-state index is 0.00700. The van der Waals surface area contributed by atoms with Crippen LogP contribution in [0, 0.1) is 0 Å². The topological polar surface area (TPSA) is 78.9 Å². The first-order valence-electron chi connectivity index (χ1n) is 9.58. The Bertz CT molecular complexity index is 870. The van der Waals surface area contributed by atoms with Gasteiger partial charge in [-0.3, -0.25) is 9.59 Å². The zero-order chi connectivity index (χ0) is 21.0. The van der Waals surface area contributed by atoms with Gasteiger partial charge in [-0.15, -0.1) is 0 Å². The molecular formula is C21H27N5O3.